The van der Waals surface area contributed by atoms with Crippen molar-refractivity contribution in [2.24, 2.45) is 0 Å². The van der Waals surface area contributed by atoms with Gasteiger partial charge >= 0.3 is 0 Å². The van der Waals surface area contributed by atoms with Crippen molar-refractivity contribution < 1.29 is 14.2 Å². The fourth-order valence-electron chi connectivity index (χ4n) is 4.62. The summed E-state index contributed by atoms with van der Waals surface area (Å²) in [7, 11) is 3.89. The largest absolute Gasteiger partial charge is 0.492 e. The van der Waals surface area contributed by atoms with E-state index in [1.807, 2.05) is 30.3 Å². The molecule has 0 spiro atoms. The number of aromatic nitrogens is 3. The monoisotopic (exact) mass is 579 g/mol. The van der Waals surface area contributed by atoms with Gasteiger partial charge in [-0.05, 0) is 25.2 Å². The fraction of sp³-hybridized carbons (Fsp3) is 0.433. The Bertz CT molecular complexity index is 1360. The van der Waals surface area contributed by atoms with Crippen LogP contribution in [-0.4, -0.2) is 91.0 Å². The van der Waals surface area contributed by atoms with Gasteiger partial charge in [0.15, 0.2) is 4.34 Å². The molecule has 0 N–H and O–H groups in total. The zero-order chi connectivity index (χ0) is 27.7. The molecule has 0 saturated carbocycles. The lowest BCUT2D eigenvalue weighted by Crippen LogP contribution is -2.45. The maximum atomic E-state index is 6.59. The molecule has 1 aliphatic heterocycles. The second kappa shape index (κ2) is 14.2. The Morgan fingerprint density at radius 3 is 2.65 bits per heavy atom. The molecule has 1 fully saturated rings. The molecule has 212 valence electrons. The van der Waals surface area contributed by atoms with Crippen LogP contribution in [0.1, 0.15) is 19.8 Å². The molecule has 40 heavy (non-hydrogen) atoms. The van der Waals surface area contributed by atoms with Crippen molar-refractivity contribution in [1.29, 1.82) is 0 Å². The SMILES string of the molecule is CCC(CCOC)Oc1cc(OCCN2CCN(C)CC2)cc2ncnc(Sc3nc(-c4ccccc4)cs3)c12. The predicted molar refractivity (Wildman–Crippen MR) is 162 cm³/mol. The molecule has 1 aliphatic rings. The van der Waals surface area contributed by atoms with Crippen molar-refractivity contribution in [1.82, 2.24) is 24.8 Å². The maximum Gasteiger partial charge on any atom is 0.156 e. The third kappa shape index (κ3) is 7.50. The molecule has 2 aromatic carbocycles. The number of fused-ring (bicyclic) bond motifs is 1. The Balaban J connectivity index is 1.40. The second-order valence-corrected chi connectivity index (χ2v) is 12.0. The van der Waals surface area contributed by atoms with E-state index in [0.29, 0.717) is 13.2 Å². The third-order valence-corrected chi connectivity index (χ3v) is 8.98. The molecular weight excluding hydrogens is 542 g/mol. The Kier molecular flexibility index (Phi) is 10.2. The van der Waals surface area contributed by atoms with Crippen LogP contribution in [0.3, 0.4) is 0 Å². The van der Waals surface area contributed by atoms with Crippen molar-refractivity contribution in [2.45, 2.75) is 35.2 Å². The summed E-state index contributed by atoms with van der Waals surface area (Å²) < 4.78 is 19.1. The second-order valence-electron chi connectivity index (χ2n) is 9.88. The van der Waals surface area contributed by atoms with E-state index in [4.69, 9.17) is 19.2 Å². The van der Waals surface area contributed by atoms with Gasteiger partial charge < -0.3 is 19.1 Å². The fourth-order valence-corrected chi connectivity index (χ4v) is 6.46. The number of nitrogens with zero attached hydrogens (tertiary/aromatic N) is 5. The Hall–Kier alpha value is -2.76. The third-order valence-electron chi connectivity index (χ3n) is 7.04. The quantitative estimate of drug-likeness (QED) is 0.185. The molecule has 0 amide bonds. The number of rotatable bonds is 13. The van der Waals surface area contributed by atoms with E-state index in [2.05, 4.69) is 51.3 Å². The Morgan fingerprint density at radius 1 is 1.05 bits per heavy atom. The zero-order valence-electron chi connectivity index (χ0n) is 23.4. The van der Waals surface area contributed by atoms with Crippen molar-refractivity contribution >= 4 is 34.0 Å². The summed E-state index contributed by atoms with van der Waals surface area (Å²) in [5, 5.41) is 3.79. The minimum atomic E-state index is 0.00587. The van der Waals surface area contributed by atoms with Gasteiger partial charge in [0.2, 0.25) is 0 Å². The van der Waals surface area contributed by atoms with Crippen LogP contribution in [0.15, 0.2) is 63.5 Å². The lowest BCUT2D eigenvalue weighted by Gasteiger charge is -2.32. The normalized spacial score (nSPS) is 15.4. The number of benzene rings is 2. The van der Waals surface area contributed by atoms with Crippen molar-refractivity contribution in [3.05, 3.63) is 54.2 Å². The zero-order valence-corrected chi connectivity index (χ0v) is 25.0. The average Bonchev–Trinajstić information content (AvgIpc) is 3.45. The highest BCUT2D eigenvalue weighted by Gasteiger charge is 2.19. The molecule has 1 unspecified atom stereocenters. The standard InChI is InChI=1S/C30H37N5O3S2/c1-4-23(10-16-36-3)38-27-19-24(37-17-15-35-13-11-34(2)12-14-35)18-25-28(27)29(32-21-31-25)40-30-33-26(20-39-30)22-8-6-5-7-9-22/h5-9,18-21,23H,4,10-17H2,1-3H3. The van der Waals surface area contributed by atoms with E-state index in [0.717, 1.165) is 88.6 Å². The lowest BCUT2D eigenvalue weighted by atomic mass is 10.2. The van der Waals surface area contributed by atoms with Crippen LogP contribution in [0, 0.1) is 0 Å². The maximum absolute atomic E-state index is 6.59. The molecule has 1 atom stereocenters. The molecular formula is C30H37N5O3S2. The molecule has 0 radical (unpaired) electrons. The minimum Gasteiger partial charge on any atom is -0.492 e. The molecule has 8 nitrogen and oxygen atoms in total. The van der Waals surface area contributed by atoms with Crippen LogP contribution in [-0.2, 0) is 4.74 Å². The van der Waals surface area contributed by atoms with Crippen molar-refractivity contribution in [2.75, 3.05) is 60.1 Å². The van der Waals surface area contributed by atoms with E-state index in [1.54, 1.807) is 36.5 Å². The number of thiazole rings is 1. The topological polar surface area (TPSA) is 72.8 Å². The summed E-state index contributed by atoms with van der Waals surface area (Å²) in [6, 6.07) is 14.2. The van der Waals surface area contributed by atoms with E-state index in [1.165, 1.54) is 0 Å². The molecule has 3 heterocycles. The van der Waals surface area contributed by atoms with E-state index in [9.17, 15) is 0 Å². The first kappa shape index (κ1) is 28.8. The van der Waals surface area contributed by atoms with E-state index >= 15 is 0 Å². The van der Waals surface area contributed by atoms with Crippen LogP contribution >= 0.6 is 23.1 Å². The summed E-state index contributed by atoms with van der Waals surface area (Å²) >= 11 is 3.15. The van der Waals surface area contributed by atoms with E-state index < -0.39 is 0 Å². The number of ether oxygens (including phenoxy) is 3. The van der Waals surface area contributed by atoms with E-state index in [-0.39, 0.29) is 6.10 Å². The van der Waals surface area contributed by atoms with Gasteiger partial charge in [-0.15, -0.1) is 11.3 Å². The highest BCUT2D eigenvalue weighted by Crippen LogP contribution is 2.40. The number of likely N-dealkylation sites (N-methyl/N-ethyl adjacent to an activating group) is 1. The van der Waals surface area contributed by atoms with Gasteiger partial charge in [-0.2, -0.15) is 0 Å². The number of piperazine rings is 1. The lowest BCUT2D eigenvalue weighted by molar-refractivity contribution is 0.123. The van der Waals surface area contributed by atoms with Crippen LogP contribution in [0.2, 0.25) is 0 Å². The van der Waals surface area contributed by atoms with Gasteiger partial charge in [0.1, 0.15) is 35.6 Å². The van der Waals surface area contributed by atoms with Gasteiger partial charge in [-0.3, -0.25) is 4.90 Å². The molecule has 10 heteroatoms. The van der Waals surface area contributed by atoms with Crippen LogP contribution < -0.4 is 9.47 Å². The van der Waals surface area contributed by atoms with Gasteiger partial charge in [0.05, 0.1) is 16.6 Å². The van der Waals surface area contributed by atoms with Gasteiger partial charge in [0.25, 0.3) is 0 Å². The first-order valence-corrected chi connectivity index (χ1v) is 15.5. The summed E-state index contributed by atoms with van der Waals surface area (Å²) in [4.78, 5) is 19.0. The summed E-state index contributed by atoms with van der Waals surface area (Å²) in [6.07, 6.45) is 3.27. The molecule has 4 aromatic rings. The minimum absolute atomic E-state index is 0.00587. The molecule has 0 aliphatic carbocycles. The smallest absolute Gasteiger partial charge is 0.156 e. The summed E-state index contributed by atoms with van der Waals surface area (Å²) in [5.74, 6) is 1.49. The molecule has 2 aromatic heterocycles. The summed E-state index contributed by atoms with van der Waals surface area (Å²) in [6.45, 7) is 8.60. The Morgan fingerprint density at radius 2 is 1.88 bits per heavy atom. The first-order valence-electron chi connectivity index (χ1n) is 13.8. The van der Waals surface area contributed by atoms with Gasteiger partial charge in [-0.1, -0.05) is 37.3 Å². The number of hydrogen-bond acceptors (Lipinski definition) is 10. The number of methoxy groups -OCH3 is 1. The number of hydrogen-bond donors (Lipinski definition) is 0. The van der Waals surface area contributed by atoms with Gasteiger partial charge in [-0.25, -0.2) is 15.0 Å². The van der Waals surface area contributed by atoms with Crippen LogP contribution in [0.5, 0.6) is 11.5 Å². The molecule has 5 rings (SSSR count). The summed E-state index contributed by atoms with van der Waals surface area (Å²) in [5.41, 5.74) is 2.86. The highest BCUT2D eigenvalue weighted by atomic mass is 32.2. The van der Waals surface area contributed by atoms with Crippen LogP contribution in [0.4, 0.5) is 0 Å². The Labute approximate surface area is 244 Å². The van der Waals surface area contributed by atoms with Crippen molar-refractivity contribution in [3.63, 3.8) is 0 Å². The van der Waals surface area contributed by atoms with Gasteiger partial charge in [0, 0.05) is 75.9 Å². The van der Waals surface area contributed by atoms with Crippen LogP contribution in [0.25, 0.3) is 22.2 Å². The molecule has 0 bridgehead atoms. The highest BCUT2D eigenvalue weighted by molar-refractivity contribution is 8.01. The van der Waals surface area contributed by atoms with Crippen molar-refractivity contribution in [3.8, 4) is 22.8 Å². The average molecular weight is 580 g/mol. The first-order chi connectivity index (χ1) is 19.6. The predicted octanol–water partition coefficient (Wildman–Crippen LogP) is 5.72. The molecule has 1 saturated heterocycles.